The minimum atomic E-state index is -0.313. The van der Waals surface area contributed by atoms with E-state index in [4.69, 9.17) is 24.2 Å². The zero-order valence-electron chi connectivity index (χ0n) is 19.4. The third kappa shape index (κ3) is 3.02. The van der Waals surface area contributed by atoms with Crippen LogP contribution in [-0.2, 0) is 4.79 Å². The Morgan fingerprint density at radius 2 is 1.79 bits per heavy atom. The second-order valence-corrected chi connectivity index (χ2v) is 9.06. The number of fused-ring (bicyclic) bond motifs is 6. The lowest BCUT2D eigenvalue weighted by molar-refractivity contribution is -0.137. The number of nitrogens with zero attached hydrogens (tertiary/aromatic N) is 4. The SMILES string of the molecule is CC(C)C(=O)Oc1cn(-c2ccc3c(c2)OCO3)c2nc(C(C)C)n3c4ccccc4nc3c12. The van der Waals surface area contributed by atoms with Crippen molar-refractivity contribution < 1.29 is 19.0 Å². The molecule has 34 heavy (non-hydrogen) atoms. The quantitative estimate of drug-likeness (QED) is 0.344. The number of ether oxygens (including phenoxy) is 3. The molecule has 6 rings (SSSR count). The lowest BCUT2D eigenvalue weighted by Gasteiger charge is -2.12. The number of hydrogen-bond donors (Lipinski definition) is 0. The summed E-state index contributed by atoms with van der Waals surface area (Å²) in [6.45, 7) is 8.03. The van der Waals surface area contributed by atoms with Gasteiger partial charge in [-0.1, -0.05) is 39.8 Å². The van der Waals surface area contributed by atoms with E-state index in [0.29, 0.717) is 33.9 Å². The highest BCUT2D eigenvalue weighted by Gasteiger charge is 2.25. The second kappa shape index (κ2) is 7.48. The molecule has 0 bridgehead atoms. The van der Waals surface area contributed by atoms with Gasteiger partial charge in [-0.2, -0.15) is 0 Å². The summed E-state index contributed by atoms with van der Waals surface area (Å²) >= 11 is 0. The molecule has 0 atom stereocenters. The monoisotopic (exact) mass is 456 g/mol. The molecule has 0 aliphatic carbocycles. The normalized spacial score (nSPS) is 13.1. The molecule has 2 aromatic carbocycles. The van der Waals surface area contributed by atoms with Crippen LogP contribution in [0.4, 0.5) is 0 Å². The summed E-state index contributed by atoms with van der Waals surface area (Å²) in [5.74, 6) is 2.20. The van der Waals surface area contributed by atoms with Gasteiger partial charge >= 0.3 is 5.97 Å². The number of hydrogen-bond acceptors (Lipinski definition) is 6. The van der Waals surface area contributed by atoms with Gasteiger partial charge in [0.05, 0.1) is 28.8 Å². The molecule has 0 saturated heterocycles. The summed E-state index contributed by atoms with van der Waals surface area (Å²) in [6, 6.07) is 13.7. The number of carbonyl (C=O) groups is 1. The molecular weight excluding hydrogens is 432 g/mol. The molecule has 1 aliphatic heterocycles. The molecule has 0 fully saturated rings. The first kappa shape index (κ1) is 20.5. The molecule has 1 aliphatic rings. The molecule has 172 valence electrons. The summed E-state index contributed by atoms with van der Waals surface area (Å²) in [5, 5.41) is 0.687. The van der Waals surface area contributed by atoms with E-state index in [1.807, 2.05) is 60.9 Å². The number of carbonyl (C=O) groups excluding carboxylic acids is 1. The molecule has 0 radical (unpaired) electrons. The van der Waals surface area contributed by atoms with Gasteiger partial charge < -0.3 is 14.2 Å². The topological polar surface area (TPSA) is 79.9 Å². The van der Waals surface area contributed by atoms with Gasteiger partial charge in [0.25, 0.3) is 0 Å². The molecular formula is C26H24N4O4. The number of esters is 1. The van der Waals surface area contributed by atoms with Gasteiger partial charge in [-0.05, 0) is 24.3 Å². The molecule has 0 amide bonds. The van der Waals surface area contributed by atoms with E-state index in [1.54, 1.807) is 6.20 Å². The Morgan fingerprint density at radius 3 is 2.59 bits per heavy atom. The van der Waals surface area contributed by atoms with Crippen molar-refractivity contribution in [2.45, 2.75) is 33.6 Å². The Kier molecular flexibility index (Phi) is 4.52. The summed E-state index contributed by atoms with van der Waals surface area (Å²) < 4.78 is 20.9. The van der Waals surface area contributed by atoms with Crippen LogP contribution in [0, 0.1) is 5.92 Å². The van der Waals surface area contributed by atoms with Crippen LogP contribution in [0.2, 0.25) is 0 Å². The fraction of sp³-hybridized carbons (Fsp3) is 0.269. The minimum absolute atomic E-state index is 0.131. The average Bonchev–Trinajstić information content (AvgIpc) is 3.52. The molecule has 8 heteroatoms. The highest BCUT2D eigenvalue weighted by atomic mass is 16.7. The predicted octanol–water partition coefficient (Wildman–Crippen LogP) is 5.24. The van der Waals surface area contributed by atoms with Crippen LogP contribution in [0.1, 0.15) is 39.4 Å². The third-order valence-electron chi connectivity index (χ3n) is 6.01. The fourth-order valence-corrected chi connectivity index (χ4v) is 4.30. The van der Waals surface area contributed by atoms with Crippen molar-refractivity contribution in [2.75, 3.05) is 6.79 Å². The Labute approximate surface area is 195 Å². The average molecular weight is 457 g/mol. The molecule has 5 aromatic rings. The van der Waals surface area contributed by atoms with Crippen LogP contribution in [-0.4, -0.2) is 31.7 Å². The van der Waals surface area contributed by atoms with E-state index in [0.717, 1.165) is 22.5 Å². The van der Waals surface area contributed by atoms with Crippen LogP contribution < -0.4 is 14.2 Å². The first-order chi connectivity index (χ1) is 16.4. The Bertz CT molecular complexity index is 1600. The van der Waals surface area contributed by atoms with Crippen LogP contribution in [0.5, 0.6) is 17.2 Å². The largest absolute Gasteiger partial charge is 0.454 e. The Balaban J connectivity index is 1.71. The first-order valence-electron chi connectivity index (χ1n) is 11.4. The standard InChI is InChI=1S/C26H24N4O4/c1-14(2)23-28-24-22(25-27-17-7-5-6-8-18(17)30(23)25)21(34-26(31)15(3)4)12-29(24)16-9-10-19-20(11-16)33-13-32-19/h5-12,14-15H,13H2,1-4H3. The van der Waals surface area contributed by atoms with E-state index in [2.05, 4.69) is 18.2 Å². The van der Waals surface area contributed by atoms with Crippen LogP contribution in [0.15, 0.2) is 48.7 Å². The highest BCUT2D eigenvalue weighted by molar-refractivity contribution is 6.01. The lowest BCUT2D eigenvalue weighted by Crippen LogP contribution is -2.14. The van der Waals surface area contributed by atoms with Gasteiger partial charge in [0, 0.05) is 12.0 Å². The maximum Gasteiger partial charge on any atom is 0.313 e. The molecule has 0 N–H and O–H groups in total. The maximum absolute atomic E-state index is 12.6. The van der Waals surface area contributed by atoms with E-state index < -0.39 is 0 Å². The van der Waals surface area contributed by atoms with Crippen LogP contribution in [0.3, 0.4) is 0 Å². The Morgan fingerprint density at radius 1 is 1.00 bits per heavy atom. The smallest absolute Gasteiger partial charge is 0.313 e. The number of para-hydroxylation sites is 2. The summed E-state index contributed by atoms with van der Waals surface area (Å²) in [7, 11) is 0. The third-order valence-corrected chi connectivity index (χ3v) is 6.01. The van der Waals surface area contributed by atoms with Crippen molar-refractivity contribution in [3.63, 3.8) is 0 Å². The Hall–Kier alpha value is -4.07. The van der Waals surface area contributed by atoms with Gasteiger partial charge in [-0.15, -0.1) is 0 Å². The van der Waals surface area contributed by atoms with E-state index >= 15 is 0 Å². The fourth-order valence-electron chi connectivity index (χ4n) is 4.30. The molecule has 0 spiro atoms. The molecule has 4 heterocycles. The number of aromatic nitrogens is 4. The zero-order chi connectivity index (χ0) is 23.6. The summed E-state index contributed by atoms with van der Waals surface area (Å²) in [4.78, 5) is 22.7. The van der Waals surface area contributed by atoms with Crippen molar-refractivity contribution in [1.29, 1.82) is 0 Å². The number of rotatable bonds is 4. The maximum atomic E-state index is 12.6. The lowest BCUT2D eigenvalue weighted by atomic mass is 10.2. The van der Waals surface area contributed by atoms with Crippen molar-refractivity contribution in [3.05, 3.63) is 54.5 Å². The highest BCUT2D eigenvalue weighted by Crippen LogP contribution is 2.39. The van der Waals surface area contributed by atoms with Gasteiger partial charge in [-0.3, -0.25) is 13.8 Å². The number of benzene rings is 2. The van der Waals surface area contributed by atoms with Gasteiger partial charge in [0.1, 0.15) is 11.2 Å². The minimum Gasteiger partial charge on any atom is -0.454 e. The summed E-state index contributed by atoms with van der Waals surface area (Å²) in [6.07, 6.45) is 1.80. The first-order valence-corrected chi connectivity index (χ1v) is 11.4. The van der Waals surface area contributed by atoms with Gasteiger partial charge in [0.2, 0.25) is 6.79 Å². The van der Waals surface area contributed by atoms with Crippen molar-refractivity contribution >= 4 is 33.7 Å². The zero-order valence-corrected chi connectivity index (χ0v) is 19.4. The molecule has 3 aromatic heterocycles. The van der Waals surface area contributed by atoms with Gasteiger partial charge in [-0.25, -0.2) is 9.97 Å². The van der Waals surface area contributed by atoms with E-state index in [1.165, 1.54) is 0 Å². The van der Waals surface area contributed by atoms with Crippen LogP contribution in [0.25, 0.3) is 33.4 Å². The van der Waals surface area contributed by atoms with Crippen molar-refractivity contribution in [3.8, 4) is 22.9 Å². The molecule has 0 saturated carbocycles. The molecule has 8 nitrogen and oxygen atoms in total. The van der Waals surface area contributed by atoms with Crippen molar-refractivity contribution in [2.24, 2.45) is 5.92 Å². The second-order valence-electron chi connectivity index (χ2n) is 9.06. The van der Waals surface area contributed by atoms with E-state index in [-0.39, 0.29) is 24.6 Å². The van der Waals surface area contributed by atoms with Crippen LogP contribution >= 0.6 is 0 Å². The van der Waals surface area contributed by atoms with Crippen molar-refractivity contribution in [1.82, 2.24) is 18.9 Å². The van der Waals surface area contributed by atoms with E-state index in [9.17, 15) is 4.79 Å². The predicted molar refractivity (Wildman–Crippen MR) is 128 cm³/mol. The van der Waals surface area contributed by atoms with Gasteiger partial charge in [0.15, 0.2) is 28.5 Å². The molecule has 0 unspecified atom stereocenters. The number of imidazole rings is 1. The summed E-state index contributed by atoms with van der Waals surface area (Å²) in [5.41, 5.74) is 4.02.